The number of esters is 2. The van der Waals surface area contributed by atoms with Gasteiger partial charge in [-0.3, -0.25) is 4.79 Å². The van der Waals surface area contributed by atoms with E-state index in [0.29, 0.717) is 29.7 Å². The molecule has 0 spiro atoms. The lowest BCUT2D eigenvalue weighted by Gasteiger charge is -2.16. The molecule has 0 atom stereocenters. The maximum absolute atomic E-state index is 11.7. The van der Waals surface area contributed by atoms with Crippen molar-refractivity contribution in [1.82, 2.24) is 0 Å². The Bertz CT molecular complexity index is 505. The van der Waals surface area contributed by atoms with Crippen molar-refractivity contribution >= 4 is 11.9 Å². The van der Waals surface area contributed by atoms with Gasteiger partial charge in [-0.15, -0.1) is 0 Å². The molecule has 0 bridgehead atoms. The monoisotopic (exact) mass is 266 g/mol. The highest BCUT2D eigenvalue weighted by molar-refractivity contribution is 5.95. The second kappa shape index (κ2) is 6.22. The number of aryl methyl sites for hydroxylation is 1. The molecule has 0 unspecified atom stereocenters. The third-order valence-corrected chi connectivity index (χ3v) is 2.80. The first-order valence-corrected chi connectivity index (χ1v) is 6.10. The fraction of sp³-hybridized carbons (Fsp3) is 0.429. The molecule has 0 amide bonds. The van der Waals surface area contributed by atoms with Gasteiger partial charge in [0, 0.05) is 12.5 Å². The molecule has 1 aromatic carbocycles. The molecule has 0 aromatic heterocycles. The highest BCUT2D eigenvalue weighted by Crippen LogP contribution is 2.35. The molecule has 0 radical (unpaired) electrons. The second-order valence-electron chi connectivity index (χ2n) is 4.03. The number of hydrogen-bond donors (Lipinski definition) is 1. The van der Waals surface area contributed by atoms with E-state index in [1.807, 2.05) is 13.8 Å². The van der Waals surface area contributed by atoms with Crippen LogP contribution in [0.4, 0.5) is 0 Å². The summed E-state index contributed by atoms with van der Waals surface area (Å²) in [5, 5.41) is 9.95. The minimum Gasteiger partial charge on any atom is -0.507 e. The van der Waals surface area contributed by atoms with E-state index in [0.717, 1.165) is 0 Å². The van der Waals surface area contributed by atoms with E-state index in [1.54, 1.807) is 0 Å². The summed E-state index contributed by atoms with van der Waals surface area (Å²) in [5.74, 6) is -0.927. The lowest BCUT2D eigenvalue weighted by molar-refractivity contribution is -0.132. The molecule has 0 saturated carbocycles. The van der Waals surface area contributed by atoms with Crippen molar-refractivity contribution in [2.75, 3.05) is 7.11 Å². The minimum atomic E-state index is -0.648. The van der Waals surface area contributed by atoms with Crippen LogP contribution in [-0.4, -0.2) is 24.2 Å². The molecule has 104 valence electrons. The van der Waals surface area contributed by atoms with Crippen molar-refractivity contribution in [3.8, 4) is 11.5 Å². The summed E-state index contributed by atoms with van der Waals surface area (Å²) >= 11 is 0. The molecular formula is C14H18O5. The molecule has 1 aromatic rings. The Kier molecular flexibility index (Phi) is 4.92. The summed E-state index contributed by atoms with van der Waals surface area (Å²) in [7, 11) is 1.24. The molecule has 0 saturated heterocycles. The first-order valence-electron chi connectivity index (χ1n) is 6.10. The molecule has 1 rings (SSSR count). The van der Waals surface area contributed by atoms with E-state index in [9.17, 15) is 14.7 Å². The zero-order valence-corrected chi connectivity index (χ0v) is 11.6. The maximum atomic E-state index is 11.7. The quantitative estimate of drug-likeness (QED) is 0.668. The van der Waals surface area contributed by atoms with Gasteiger partial charge in [0.15, 0.2) is 0 Å². The molecule has 19 heavy (non-hydrogen) atoms. The second-order valence-corrected chi connectivity index (χ2v) is 4.03. The molecule has 1 N–H and O–H groups in total. The van der Waals surface area contributed by atoms with Crippen LogP contribution >= 0.6 is 0 Å². The van der Waals surface area contributed by atoms with E-state index in [-0.39, 0.29) is 11.3 Å². The van der Waals surface area contributed by atoms with E-state index in [2.05, 4.69) is 4.74 Å². The Hall–Kier alpha value is -2.04. The van der Waals surface area contributed by atoms with Gasteiger partial charge in [-0.05, 0) is 24.5 Å². The first-order chi connectivity index (χ1) is 8.96. The highest BCUT2D eigenvalue weighted by Gasteiger charge is 2.23. The van der Waals surface area contributed by atoms with Crippen LogP contribution < -0.4 is 4.74 Å². The van der Waals surface area contributed by atoms with Gasteiger partial charge in [-0.2, -0.15) is 0 Å². The third-order valence-electron chi connectivity index (χ3n) is 2.80. The van der Waals surface area contributed by atoms with Gasteiger partial charge in [-0.1, -0.05) is 13.8 Å². The van der Waals surface area contributed by atoms with Gasteiger partial charge in [0.1, 0.15) is 17.1 Å². The van der Waals surface area contributed by atoms with Gasteiger partial charge in [0.25, 0.3) is 0 Å². The molecule has 0 aliphatic carbocycles. The number of carbonyl (C=O) groups excluding carboxylic acids is 2. The number of aromatic hydroxyl groups is 1. The minimum absolute atomic E-state index is 0.0541. The van der Waals surface area contributed by atoms with Crippen LogP contribution in [-0.2, 0) is 22.4 Å². The van der Waals surface area contributed by atoms with E-state index in [1.165, 1.54) is 20.1 Å². The van der Waals surface area contributed by atoms with Gasteiger partial charge in [0.05, 0.1) is 7.11 Å². The first kappa shape index (κ1) is 15.0. The smallest absolute Gasteiger partial charge is 0.342 e. The van der Waals surface area contributed by atoms with Crippen molar-refractivity contribution < 1.29 is 24.2 Å². The van der Waals surface area contributed by atoms with E-state index in [4.69, 9.17) is 4.74 Å². The molecule has 0 aliphatic heterocycles. The van der Waals surface area contributed by atoms with Crippen LogP contribution in [0, 0.1) is 0 Å². The summed E-state index contributed by atoms with van der Waals surface area (Å²) in [6.07, 6.45) is 1.01. The Labute approximate surface area is 112 Å². The van der Waals surface area contributed by atoms with Gasteiger partial charge < -0.3 is 14.6 Å². The Morgan fingerprint density at radius 3 is 2.32 bits per heavy atom. The topological polar surface area (TPSA) is 72.8 Å². The van der Waals surface area contributed by atoms with Gasteiger partial charge in [0.2, 0.25) is 0 Å². The Balaban J connectivity index is 3.57. The number of rotatable bonds is 4. The lowest BCUT2D eigenvalue weighted by atomic mass is 9.97. The van der Waals surface area contributed by atoms with Crippen molar-refractivity contribution in [3.63, 3.8) is 0 Å². The average molecular weight is 266 g/mol. The van der Waals surface area contributed by atoms with E-state index < -0.39 is 11.9 Å². The van der Waals surface area contributed by atoms with Crippen LogP contribution in [0.5, 0.6) is 11.5 Å². The lowest BCUT2D eigenvalue weighted by Crippen LogP contribution is -2.12. The summed E-state index contributed by atoms with van der Waals surface area (Å²) < 4.78 is 9.84. The number of carbonyl (C=O) groups is 2. The summed E-state index contributed by atoms with van der Waals surface area (Å²) in [5.41, 5.74) is 1.22. The predicted octanol–water partition coefficient (Wildman–Crippen LogP) is 2.23. The number of ether oxygens (including phenoxy) is 2. The van der Waals surface area contributed by atoms with Crippen LogP contribution in [0.15, 0.2) is 6.07 Å². The molecular weight excluding hydrogens is 248 g/mol. The molecule has 0 heterocycles. The Morgan fingerprint density at radius 1 is 1.26 bits per heavy atom. The number of hydrogen-bond acceptors (Lipinski definition) is 5. The normalized spacial score (nSPS) is 10.1. The summed E-state index contributed by atoms with van der Waals surface area (Å²) in [4.78, 5) is 22.9. The SMILES string of the molecule is CCc1cc(O)c(C(=O)OC)c(CC)c1OC(C)=O. The number of phenols is 1. The number of phenolic OH excluding ortho intramolecular Hbond substituents is 1. The largest absolute Gasteiger partial charge is 0.507 e. The molecule has 5 nitrogen and oxygen atoms in total. The standard InChI is InChI=1S/C14H18O5/c1-5-9-7-11(16)12(14(17)18-4)10(6-2)13(9)19-8(3)15/h7,16H,5-6H2,1-4H3. The predicted molar refractivity (Wildman–Crippen MR) is 69.5 cm³/mol. The van der Waals surface area contributed by atoms with Crippen LogP contribution in [0.1, 0.15) is 42.3 Å². The van der Waals surface area contributed by atoms with Crippen molar-refractivity contribution in [3.05, 3.63) is 22.8 Å². The van der Waals surface area contributed by atoms with Crippen molar-refractivity contribution in [2.24, 2.45) is 0 Å². The Morgan fingerprint density at radius 2 is 1.89 bits per heavy atom. The van der Waals surface area contributed by atoms with E-state index >= 15 is 0 Å². The fourth-order valence-corrected chi connectivity index (χ4v) is 1.97. The van der Waals surface area contributed by atoms with Gasteiger partial charge in [-0.25, -0.2) is 4.79 Å². The zero-order valence-electron chi connectivity index (χ0n) is 11.6. The van der Waals surface area contributed by atoms with Gasteiger partial charge >= 0.3 is 11.9 Å². The molecule has 0 fully saturated rings. The summed E-state index contributed by atoms with van der Waals surface area (Å²) in [6, 6.07) is 1.43. The number of benzene rings is 1. The fourth-order valence-electron chi connectivity index (χ4n) is 1.97. The third kappa shape index (κ3) is 3.05. The maximum Gasteiger partial charge on any atom is 0.342 e. The number of methoxy groups -OCH3 is 1. The summed E-state index contributed by atoms with van der Waals surface area (Å²) in [6.45, 7) is 4.98. The molecule has 5 heteroatoms. The van der Waals surface area contributed by atoms with Crippen LogP contribution in [0.2, 0.25) is 0 Å². The average Bonchev–Trinajstić information content (AvgIpc) is 2.38. The molecule has 0 aliphatic rings. The van der Waals surface area contributed by atoms with Crippen LogP contribution in [0.25, 0.3) is 0 Å². The van der Waals surface area contributed by atoms with Crippen LogP contribution in [0.3, 0.4) is 0 Å². The zero-order chi connectivity index (χ0) is 14.6. The van der Waals surface area contributed by atoms with Crippen molar-refractivity contribution in [2.45, 2.75) is 33.6 Å². The highest BCUT2D eigenvalue weighted by atomic mass is 16.5. The van der Waals surface area contributed by atoms with Crippen molar-refractivity contribution in [1.29, 1.82) is 0 Å².